The molecule has 4 aliphatic heterocycles. The Morgan fingerprint density at radius 3 is 1.01 bits per heavy atom. The molecule has 50 heteroatoms. The number of ether oxygens (including phenoxy) is 17. The number of hydrogen-bond acceptors (Lipinski definition) is 35. The fraction of sp³-hybridized carbons (Fsp3) is 0.577. The molecule has 128 heavy (non-hydrogen) atoms. The standard InChI is InChI=1S/C36H40O5S.C16H22O11.C16H24O9S.C8H16O5S.CH4O.CH3O.B4H9.B4.4ClH.2Na.Zr.H/c1-2-42-36-35(40-26-31-21-13-6-14-22-31)34(39-25-30-19-11-5-12-20-30)33(38-24-29-17-9-4-10-18-29)32(41-36)27-37-23-28-15-7-3-8-16-28;1-7(17)22-6-12-13(23-8(2)18)14(24-9(3)19)15(25-10(4)20)16(27-12)26-11(5)21;1-6-26-16-15(24-11(5)20)14(23-10(4)19)13(22-9(3)18)12(25-16)7-21-8(2)17;1-2-14-8-7(12)6(11)5(10)4(3-9)13-8;2*1-2;2*1-4(2)3;;;;;;;;/h3-22,32-36H,2,23-27H2,1H3;12-16H,6H2,1-5H3;12-16H,6-7H2,1-5H3;4-12H,2-3H2,1H3;2H,1H3;1H3;1-3H3;;4*1H;;;;/q;;;;;-1;-3;;;;;;2*+1;+4;-1/p-4. The summed E-state index contributed by atoms with van der Waals surface area (Å²) < 4.78 is 95.8. The Balaban J connectivity index is -0.000000790. The van der Waals surface area contributed by atoms with E-state index in [2.05, 4.69) is 78.7 Å². The minimum atomic E-state index is -3.29. The van der Waals surface area contributed by atoms with Crippen molar-refractivity contribution in [1.82, 2.24) is 0 Å². The average Bonchev–Trinajstić information content (AvgIpc) is 0.781. The van der Waals surface area contributed by atoms with Gasteiger partial charge in [0.1, 0.15) is 90.6 Å². The molecule has 0 aliphatic carbocycles. The first-order chi connectivity index (χ1) is 59.5. The second kappa shape index (κ2) is 74.3. The molecule has 4 heterocycles. The third kappa shape index (κ3) is 57.3. The van der Waals surface area contributed by atoms with Crippen LogP contribution in [-0.4, -0.2) is 317 Å². The van der Waals surface area contributed by atoms with Gasteiger partial charge in [-0.3, -0.25) is 43.2 Å². The molecule has 0 aromatic heterocycles. The second-order valence-corrected chi connectivity index (χ2v) is 52.2. The summed E-state index contributed by atoms with van der Waals surface area (Å²) in [5.41, 5.74) is 2.90. The van der Waals surface area contributed by atoms with Crippen molar-refractivity contribution in [3.8, 4) is 0 Å². The molecule has 0 bridgehead atoms. The van der Waals surface area contributed by atoms with Crippen molar-refractivity contribution in [2.24, 2.45) is 0 Å². The topological polar surface area (TPSA) is 435 Å². The van der Waals surface area contributed by atoms with Crippen LogP contribution in [0.3, 0.4) is 0 Å². The summed E-state index contributed by atoms with van der Waals surface area (Å²) in [6.07, 6.45) is -15.7. The quantitative estimate of drug-likeness (QED) is 0.0185. The number of esters is 9. The number of thioether (sulfide) groups is 3. The van der Waals surface area contributed by atoms with Crippen molar-refractivity contribution in [3.05, 3.63) is 144 Å². The maximum atomic E-state index is 11.6. The molecule has 20 unspecified atom stereocenters. The van der Waals surface area contributed by atoms with E-state index in [1.165, 1.54) is 51.2 Å². The van der Waals surface area contributed by atoms with Crippen molar-refractivity contribution in [2.75, 3.05) is 57.9 Å². The zero-order chi connectivity index (χ0) is 95.8. The molecule has 5 N–H and O–H groups in total. The van der Waals surface area contributed by atoms with E-state index in [1.54, 1.807) is 18.1 Å². The van der Waals surface area contributed by atoms with E-state index in [0.29, 0.717) is 38.8 Å². The first-order valence-electron chi connectivity index (χ1n) is 37.9. The predicted octanol–water partition coefficient (Wildman–Crippen LogP) is -3.56. The maximum absolute atomic E-state index is 11.6. The molecule has 4 saturated heterocycles. The first kappa shape index (κ1) is 129. The summed E-state index contributed by atoms with van der Waals surface area (Å²) in [6.45, 7) is 17.5. The van der Waals surface area contributed by atoms with Gasteiger partial charge < -0.3 is 119 Å². The van der Waals surface area contributed by atoms with Gasteiger partial charge in [0.15, 0.2) is 30.5 Å². The monoisotopic (exact) mass is 2030 g/mol. The van der Waals surface area contributed by atoms with Gasteiger partial charge in [-0.05, 0) is 39.5 Å². The molecule has 32 nitrogen and oxygen atoms in total. The predicted molar refractivity (Wildman–Crippen MR) is 491 cm³/mol. The van der Waals surface area contributed by atoms with Crippen molar-refractivity contribution in [3.63, 3.8) is 0 Å². The van der Waals surface area contributed by atoms with Crippen LogP contribution < -0.4 is 64.2 Å². The van der Waals surface area contributed by atoms with E-state index in [0.717, 1.165) is 106 Å². The molecule has 20 atom stereocenters. The van der Waals surface area contributed by atoms with E-state index in [4.69, 9.17) is 130 Å². The van der Waals surface area contributed by atoms with Gasteiger partial charge in [0.25, 0.3) is 0 Å². The van der Waals surface area contributed by atoms with Gasteiger partial charge in [-0.2, -0.15) is 7.11 Å². The second-order valence-electron chi connectivity index (χ2n) is 25.6. The number of aliphatic hydroxyl groups excluding tert-OH is 5. The Morgan fingerprint density at radius 1 is 0.398 bits per heavy atom. The minimum Gasteiger partial charge on any atom is -1.00 e. The zero-order valence-corrected chi connectivity index (χ0v) is 84.7. The van der Waals surface area contributed by atoms with E-state index < -0.39 is 179 Å². The summed E-state index contributed by atoms with van der Waals surface area (Å²) in [5, 5.41) is 52.5. The van der Waals surface area contributed by atoms with Gasteiger partial charge in [0, 0.05) is 99.0 Å². The number of benzene rings is 4. The molecular formula is C78H119B8Cl4Na2O32S3Zr-3. The van der Waals surface area contributed by atoms with Crippen molar-refractivity contribution < 1.29 is 230 Å². The number of carbonyl (C=O) groups excluding carboxylic acids is 9. The molecule has 4 aliphatic rings. The summed E-state index contributed by atoms with van der Waals surface area (Å²) in [5.74, 6) is -3.91. The van der Waals surface area contributed by atoms with Gasteiger partial charge in [-0.1, -0.05) is 142 Å². The molecule has 4 fully saturated rings. The van der Waals surface area contributed by atoms with E-state index >= 15 is 0 Å². The van der Waals surface area contributed by atoms with Crippen molar-refractivity contribution >= 4 is 182 Å². The van der Waals surface area contributed by atoms with Crippen LogP contribution in [0.1, 0.15) is 107 Å². The Kier molecular flexibility index (Phi) is 75.1. The molecule has 8 rings (SSSR count). The molecule has 4 aromatic rings. The Hall–Kier alpha value is -2.84. The number of carbonyl (C=O) groups is 9. The Morgan fingerprint density at radius 2 is 0.672 bits per heavy atom. The summed E-state index contributed by atoms with van der Waals surface area (Å²) in [4.78, 5) is 103. The first-order valence-corrected chi connectivity index (χ1v) is 53.7. The smallest absolute Gasteiger partial charge is 1.00 e. The minimum absolute atomic E-state index is 0. The largest absolute Gasteiger partial charge is 1.00 e. The van der Waals surface area contributed by atoms with Gasteiger partial charge in [0.2, 0.25) is 12.4 Å². The maximum Gasteiger partial charge on any atom is 1.00 e. The number of aliphatic hydroxyl groups is 5. The van der Waals surface area contributed by atoms with Crippen LogP contribution in [-0.2, 0) is 166 Å². The summed E-state index contributed by atoms with van der Waals surface area (Å²) in [6, 6.07) is 40.9. The molecule has 6 radical (unpaired) electrons. The van der Waals surface area contributed by atoms with Crippen LogP contribution in [0.5, 0.6) is 0 Å². The van der Waals surface area contributed by atoms with Crippen LogP contribution in [0.4, 0.5) is 0 Å². The normalized spacial score (nSPS) is 24.4. The van der Waals surface area contributed by atoms with Crippen LogP contribution in [0.15, 0.2) is 121 Å². The van der Waals surface area contributed by atoms with Crippen LogP contribution >= 0.6 is 69.3 Å². The fourth-order valence-corrected chi connectivity index (χ4v) is 14.2. The molecule has 0 saturated carbocycles. The SMILES string of the molecule is CC(=O)OCC1OC(OC(C)=O)C(OC(C)=O)C(OC(C)=O)C1OC(C)=O.CCSC1OC(CO)C(O)C(O)C1O.CCSC1OC(COC(C)=O)C(OC(C)=O)C(OC(C)=O)C1OC(C)=O.CCSC1OC(COCc2ccccc2)C(OCc2ccccc2)C(OCc2ccccc2)C1OCc1ccccc1.CO.C[O-].[BH3-]B([BH3-])[BH3-].[B]B([B])[B].[Cl][Zr]([Cl])([Cl])[Cl].[H-].[Na+].[Na+]. The summed E-state index contributed by atoms with van der Waals surface area (Å²) >= 11 is 1.09. The third-order valence-corrected chi connectivity index (χ3v) is 19.0. The van der Waals surface area contributed by atoms with Crippen molar-refractivity contribution in [1.29, 1.82) is 0 Å². The van der Waals surface area contributed by atoms with Gasteiger partial charge in [-0.15, -0.1) is 58.5 Å². The average molecular weight is 2030 g/mol. The van der Waals surface area contributed by atoms with Crippen molar-refractivity contribution in [2.45, 2.75) is 230 Å². The molecule has 702 valence electrons. The van der Waals surface area contributed by atoms with Gasteiger partial charge in [0.05, 0.1) is 39.6 Å². The molecule has 0 spiro atoms. The van der Waals surface area contributed by atoms with Gasteiger partial charge >= 0.3 is 162 Å². The van der Waals surface area contributed by atoms with Crippen LogP contribution in [0.25, 0.3) is 0 Å². The number of hydrogen-bond donors (Lipinski definition) is 5. The van der Waals surface area contributed by atoms with E-state index in [1.807, 2.05) is 86.6 Å². The van der Waals surface area contributed by atoms with E-state index in [-0.39, 0.29) is 97.5 Å². The van der Waals surface area contributed by atoms with Crippen LogP contribution in [0.2, 0.25) is 0 Å². The molecule has 4 aromatic carbocycles. The van der Waals surface area contributed by atoms with E-state index in [9.17, 15) is 58.5 Å². The van der Waals surface area contributed by atoms with Crippen LogP contribution in [0, 0.1) is 0 Å². The molecule has 0 amide bonds. The number of halogens is 4. The Labute approximate surface area is 835 Å². The fourth-order valence-electron chi connectivity index (χ4n) is 11.3. The zero-order valence-electron chi connectivity index (χ0n) is 73.8. The molecular weight excluding hydrogens is 1910 g/mol. The third-order valence-electron chi connectivity index (χ3n) is 15.9. The summed E-state index contributed by atoms with van der Waals surface area (Å²) in [7, 11) is 38.6. The van der Waals surface area contributed by atoms with Gasteiger partial charge in [-0.25, -0.2) is 0 Å². The Bertz CT molecular complexity index is 3680. The number of rotatable bonds is 31.